The van der Waals surface area contributed by atoms with Gasteiger partial charge in [0, 0.05) is 19.7 Å². The van der Waals surface area contributed by atoms with Crippen LogP contribution in [0.2, 0.25) is 0 Å². The number of rotatable bonds is 2. The Hall–Kier alpha value is -1.73. The van der Waals surface area contributed by atoms with Gasteiger partial charge in [0.15, 0.2) is 5.82 Å². The number of nitrogen functional groups attached to an aromatic ring is 1. The number of hydrogen-bond acceptors (Lipinski definition) is 6. The van der Waals surface area contributed by atoms with Crippen LogP contribution in [0.5, 0.6) is 0 Å². The Morgan fingerprint density at radius 1 is 1.61 bits per heavy atom. The predicted molar refractivity (Wildman–Crippen MR) is 65.8 cm³/mol. The van der Waals surface area contributed by atoms with Gasteiger partial charge in [-0.1, -0.05) is 0 Å². The highest BCUT2D eigenvalue weighted by atomic mass is 16.5. The van der Waals surface area contributed by atoms with Crippen LogP contribution in [0.3, 0.4) is 0 Å². The quantitative estimate of drug-likeness (QED) is 0.568. The van der Waals surface area contributed by atoms with E-state index < -0.39 is 0 Å². The van der Waals surface area contributed by atoms with E-state index in [4.69, 9.17) is 10.6 Å². The first-order valence-corrected chi connectivity index (χ1v) is 5.90. The first-order chi connectivity index (χ1) is 8.70. The molecule has 7 heteroatoms. The number of ether oxygens (including phenoxy) is 1. The number of nitrogens with zero attached hydrogens (tertiary/aromatic N) is 3. The largest absolute Gasteiger partial charge is 0.377 e. The molecule has 2 rings (SSSR count). The summed E-state index contributed by atoms with van der Waals surface area (Å²) in [5.41, 5.74) is 2.67. The fourth-order valence-corrected chi connectivity index (χ4v) is 1.88. The van der Waals surface area contributed by atoms with Crippen molar-refractivity contribution in [3.05, 3.63) is 18.1 Å². The molecule has 1 aliphatic heterocycles. The van der Waals surface area contributed by atoms with Crippen LogP contribution in [0.25, 0.3) is 0 Å². The van der Waals surface area contributed by atoms with Gasteiger partial charge in [0.1, 0.15) is 5.69 Å². The first-order valence-electron chi connectivity index (χ1n) is 5.90. The molecule has 1 atom stereocenters. The van der Waals surface area contributed by atoms with Crippen molar-refractivity contribution >= 4 is 11.7 Å². The molecule has 1 unspecified atom stereocenters. The standard InChI is InChI=1S/C11H17N5O2/c1-8-7-16(3-2-4-18-8)11(17)9-5-13-6-10(14-9)15-12/h5-6,8H,2-4,7,12H2,1H3,(H,14,15). The summed E-state index contributed by atoms with van der Waals surface area (Å²) in [6, 6.07) is 0. The van der Waals surface area contributed by atoms with E-state index >= 15 is 0 Å². The Bertz CT molecular complexity index is 426. The van der Waals surface area contributed by atoms with Crippen molar-refractivity contribution < 1.29 is 9.53 Å². The Kier molecular flexibility index (Phi) is 4.06. The molecule has 0 aliphatic carbocycles. The van der Waals surface area contributed by atoms with Gasteiger partial charge in [0.2, 0.25) is 0 Å². The van der Waals surface area contributed by atoms with Crippen LogP contribution in [-0.4, -0.2) is 46.6 Å². The molecule has 1 saturated heterocycles. The van der Waals surface area contributed by atoms with E-state index in [1.165, 1.54) is 12.4 Å². The minimum Gasteiger partial charge on any atom is -0.377 e. The van der Waals surface area contributed by atoms with E-state index in [0.717, 1.165) is 6.42 Å². The third-order valence-corrected chi connectivity index (χ3v) is 2.74. The van der Waals surface area contributed by atoms with E-state index in [-0.39, 0.29) is 12.0 Å². The molecular weight excluding hydrogens is 234 g/mol. The molecule has 0 saturated carbocycles. The number of carbonyl (C=O) groups is 1. The summed E-state index contributed by atoms with van der Waals surface area (Å²) in [4.78, 5) is 22.0. The van der Waals surface area contributed by atoms with Gasteiger partial charge in [-0.05, 0) is 13.3 Å². The zero-order chi connectivity index (χ0) is 13.0. The predicted octanol–water partition coefficient (Wildman–Crippen LogP) is 0.0132. The molecule has 1 fully saturated rings. The van der Waals surface area contributed by atoms with Gasteiger partial charge in [-0.25, -0.2) is 10.8 Å². The van der Waals surface area contributed by atoms with Gasteiger partial charge in [-0.3, -0.25) is 9.78 Å². The van der Waals surface area contributed by atoms with E-state index in [1.54, 1.807) is 4.90 Å². The summed E-state index contributed by atoms with van der Waals surface area (Å²) in [7, 11) is 0. The van der Waals surface area contributed by atoms with Crippen LogP contribution in [-0.2, 0) is 4.74 Å². The number of amides is 1. The van der Waals surface area contributed by atoms with E-state index in [1.807, 2.05) is 6.92 Å². The molecule has 0 aromatic carbocycles. The zero-order valence-electron chi connectivity index (χ0n) is 10.3. The zero-order valence-corrected chi connectivity index (χ0v) is 10.3. The summed E-state index contributed by atoms with van der Waals surface area (Å²) in [6.45, 7) is 3.88. The molecule has 1 aliphatic rings. The smallest absolute Gasteiger partial charge is 0.274 e. The molecular formula is C11H17N5O2. The average Bonchev–Trinajstić information content (AvgIpc) is 2.62. The number of carbonyl (C=O) groups excluding carboxylic acids is 1. The Balaban J connectivity index is 2.13. The molecule has 98 valence electrons. The third kappa shape index (κ3) is 2.93. The van der Waals surface area contributed by atoms with Crippen molar-refractivity contribution in [3.8, 4) is 0 Å². The minimum absolute atomic E-state index is 0.0419. The summed E-state index contributed by atoms with van der Waals surface area (Å²) in [6.07, 6.45) is 3.78. The van der Waals surface area contributed by atoms with Gasteiger partial charge in [-0.15, -0.1) is 0 Å². The molecule has 1 amide bonds. The second kappa shape index (κ2) is 5.74. The molecule has 0 bridgehead atoms. The summed E-state index contributed by atoms with van der Waals surface area (Å²) in [5.74, 6) is 5.48. The topological polar surface area (TPSA) is 93.4 Å². The van der Waals surface area contributed by atoms with E-state index in [9.17, 15) is 4.79 Å². The van der Waals surface area contributed by atoms with Crippen LogP contribution < -0.4 is 11.3 Å². The summed E-state index contributed by atoms with van der Waals surface area (Å²) < 4.78 is 5.50. The Morgan fingerprint density at radius 3 is 3.22 bits per heavy atom. The van der Waals surface area contributed by atoms with Gasteiger partial charge in [-0.2, -0.15) is 0 Å². The highest BCUT2D eigenvalue weighted by Crippen LogP contribution is 2.10. The lowest BCUT2D eigenvalue weighted by atomic mass is 10.3. The van der Waals surface area contributed by atoms with Crippen molar-refractivity contribution in [2.75, 3.05) is 25.1 Å². The Labute approximate surface area is 105 Å². The molecule has 3 N–H and O–H groups in total. The molecule has 1 aromatic rings. The highest BCUT2D eigenvalue weighted by molar-refractivity contribution is 5.92. The fraction of sp³-hybridized carbons (Fsp3) is 0.545. The van der Waals surface area contributed by atoms with Crippen LogP contribution in [0, 0.1) is 0 Å². The lowest BCUT2D eigenvalue weighted by molar-refractivity contribution is 0.0559. The summed E-state index contributed by atoms with van der Waals surface area (Å²) in [5, 5.41) is 0. The fourth-order valence-electron chi connectivity index (χ4n) is 1.88. The Morgan fingerprint density at radius 2 is 2.44 bits per heavy atom. The van der Waals surface area contributed by atoms with Crippen molar-refractivity contribution in [1.82, 2.24) is 14.9 Å². The highest BCUT2D eigenvalue weighted by Gasteiger charge is 2.22. The molecule has 1 aromatic heterocycles. The summed E-state index contributed by atoms with van der Waals surface area (Å²) >= 11 is 0. The number of nitrogens with two attached hydrogens (primary N) is 1. The molecule has 7 nitrogen and oxygen atoms in total. The van der Waals surface area contributed by atoms with E-state index in [2.05, 4.69) is 15.4 Å². The van der Waals surface area contributed by atoms with E-state index in [0.29, 0.717) is 31.2 Å². The number of aromatic nitrogens is 2. The second-order valence-electron chi connectivity index (χ2n) is 4.22. The maximum absolute atomic E-state index is 12.3. The maximum atomic E-state index is 12.3. The van der Waals surface area contributed by atoms with Crippen LogP contribution in [0.15, 0.2) is 12.4 Å². The van der Waals surface area contributed by atoms with Gasteiger partial charge in [0.05, 0.1) is 18.5 Å². The second-order valence-corrected chi connectivity index (χ2v) is 4.22. The van der Waals surface area contributed by atoms with Gasteiger partial charge in [0.25, 0.3) is 5.91 Å². The van der Waals surface area contributed by atoms with Crippen molar-refractivity contribution in [1.29, 1.82) is 0 Å². The molecule has 2 heterocycles. The molecule has 0 spiro atoms. The lowest BCUT2D eigenvalue weighted by Gasteiger charge is -2.21. The van der Waals surface area contributed by atoms with Crippen molar-refractivity contribution in [2.45, 2.75) is 19.4 Å². The van der Waals surface area contributed by atoms with Crippen molar-refractivity contribution in [2.24, 2.45) is 5.84 Å². The SMILES string of the molecule is CC1CN(C(=O)c2cncc(NN)n2)CCCO1. The number of hydrazine groups is 1. The third-order valence-electron chi connectivity index (χ3n) is 2.74. The van der Waals surface area contributed by atoms with Crippen LogP contribution >= 0.6 is 0 Å². The normalized spacial score (nSPS) is 20.3. The molecule has 18 heavy (non-hydrogen) atoms. The molecule has 0 radical (unpaired) electrons. The number of anilines is 1. The maximum Gasteiger partial charge on any atom is 0.274 e. The minimum atomic E-state index is -0.142. The first kappa shape index (κ1) is 12.7. The van der Waals surface area contributed by atoms with Crippen molar-refractivity contribution in [3.63, 3.8) is 0 Å². The van der Waals surface area contributed by atoms with Crippen LogP contribution in [0.4, 0.5) is 5.82 Å². The average molecular weight is 251 g/mol. The monoisotopic (exact) mass is 251 g/mol. The van der Waals surface area contributed by atoms with Gasteiger partial charge >= 0.3 is 0 Å². The van der Waals surface area contributed by atoms with Crippen LogP contribution in [0.1, 0.15) is 23.8 Å². The number of nitrogens with one attached hydrogen (secondary N) is 1. The number of hydrogen-bond donors (Lipinski definition) is 2. The lowest BCUT2D eigenvalue weighted by Crippen LogP contribution is -2.36. The van der Waals surface area contributed by atoms with Gasteiger partial charge < -0.3 is 15.1 Å².